The van der Waals surface area contributed by atoms with Crippen LogP contribution in [-0.4, -0.2) is 25.7 Å². The summed E-state index contributed by atoms with van der Waals surface area (Å²) < 4.78 is 2.14. The Labute approximate surface area is 163 Å². The van der Waals surface area contributed by atoms with E-state index in [0.717, 1.165) is 28.9 Å². The molecule has 0 saturated carbocycles. The largest absolute Gasteiger partial charge is 0.342 e. The summed E-state index contributed by atoms with van der Waals surface area (Å²) in [5.74, 6) is -0.197. The Morgan fingerprint density at radius 2 is 2.07 bits per heavy atom. The lowest BCUT2D eigenvalue weighted by atomic mass is 10.1. The normalized spacial score (nSPS) is 12.2. The molecule has 1 aromatic carbocycles. The van der Waals surface area contributed by atoms with Crippen LogP contribution in [0.2, 0.25) is 0 Å². The van der Waals surface area contributed by atoms with Crippen LogP contribution >= 0.6 is 0 Å². The maximum atomic E-state index is 12.7. The van der Waals surface area contributed by atoms with Gasteiger partial charge in [-0.3, -0.25) is 14.9 Å². The van der Waals surface area contributed by atoms with E-state index in [1.807, 2.05) is 50.4 Å². The Morgan fingerprint density at radius 3 is 2.89 bits per heavy atom. The number of rotatable bonds is 6. The van der Waals surface area contributed by atoms with Crippen LogP contribution in [0.5, 0.6) is 0 Å². The molecule has 0 aliphatic heterocycles. The topological polar surface area (TPSA) is 75.6 Å². The number of nitrogens with one attached hydrogen (secondary N) is 2. The van der Waals surface area contributed by atoms with Crippen LogP contribution in [-0.2, 0) is 6.54 Å². The van der Waals surface area contributed by atoms with Crippen molar-refractivity contribution in [2.45, 2.75) is 32.9 Å². The molecule has 0 saturated heterocycles. The molecule has 0 spiro atoms. The average Bonchev–Trinajstić information content (AvgIpc) is 3.35. The predicted octanol–water partition coefficient (Wildman–Crippen LogP) is 4.00. The van der Waals surface area contributed by atoms with Crippen molar-refractivity contribution in [1.29, 1.82) is 0 Å². The SMILES string of the molecule is CC[C@@H](NC(=O)c1cc(Cn2ccc3ccccc32)[nH]n1)c1ncccc1C. The molecule has 0 radical (unpaired) electrons. The first kappa shape index (κ1) is 18.0. The predicted molar refractivity (Wildman–Crippen MR) is 109 cm³/mol. The molecule has 6 heteroatoms. The van der Waals surface area contributed by atoms with Gasteiger partial charge >= 0.3 is 0 Å². The van der Waals surface area contributed by atoms with Crippen molar-refractivity contribution in [3.05, 3.63) is 83.6 Å². The van der Waals surface area contributed by atoms with Crippen molar-refractivity contribution >= 4 is 16.8 Å². The minimum atomic E-state index is -0.197. The standard InChI is InChI=1S/C22H23N5O/c1-3-18(21-15(2)7-6-11-23-21)24-22(28)19-13-17(25-26-19)14-27-12-10-16-8-4-5-9-20(16)27/h4-13,18H,3,14H2,1-2H3,(H,24,28)(H,25,26)/t18-/m1/s1. The van der Waals surface area contributed by atoms with E-state index < -0.39 is 0 Å². The number of aromatic nitrogens is 4. The van der Waals surface area contributed by atoms with Gasteiger partial charge in [0.25, 0.3) is 5.91 Å². The van der Waals surface area contributed by atoms with Crippen LogP contribution in [0.15, 0.2) is 60.9 Å². The first-order valence-electron chi connectivity index (χ1n) is 9.46. The Balaban J connectivity index is 1.49. The molecule has 4 aromatic rings. The van der Waals surface area contributed by atoms with Crippen molar-refractivity contribution in [2.24, 2.45) is 0 Å². The molecule has 0 unspecified atom stereocenters. The highest BCUT2D eigenvalue weighted by molar-refractivity contribution is 5.92. The van der Waals surface area contributed by atoms with E-state index >= 15 is 0 Å². The number of hydrogen-bond acceptors (Lipinski definition) is 3. The minimum absolute atomic E-state index is 0.137. The monoisotopic (exact) mass is 373 g/mol. The quantitative estimate of drug-likeness (QED) is 0.536. The van der Waals surface area contributed by atoms with Crippen LogP contribution in [0.25, 0.3) is 10.9 Å². The molecule has 3 aromatic heterocycles. The molecule has 3 heterocycles. The summed E-state index contributed by atoms with van der Waals surface area (Å²) in [6.07, 6.45) is 4.56. The lowest BCUT2D eigenvalue weighted by molar-refractivity contribution is 0.0929. The molecule has 0 bridgehead atoms. The van der Waals surface area contributed by atoms with Crippen LogP contribution < -0.4 is 5.32 Å². The van der Waals surface area contributed by atoms with Gasteiger partial charge in [-0.05, 0) is 48.6 Å². The van der Waals surface area contributed by atoms with E-state index in [9.17, 15) is 4.79 Å². The summed E-state index contributed by atoms with van der Waals surface area (Å²) in [5.41, 5.74) is 4.39. The Bertz CT molecular complexity index is 1110. The van der Waals surface area contributed by atoms with Crippen LogP contribution in [0.1, 0.15) is 46.8 Å². The van der Waals surface area contributed by atoms with E-state index in [0.29, 0.717) is 12.2 Å². The van der Waals surface area contributed by atoms with E-state index in [-0.39, 0.29) is 11.9 Å². The maximum Gasteiger partial charge on any atom is 0.272 e. The second kappa shape index (κ2) is 7.68. The van der Waals surface area contributed by atoms with Gasteiger partial charge in [-0.15, -0.1) is 0 Å². The highest BCUT2D eigenvalue weighted by Crippen LogP contribution is 2.19. The smallest absolute Gasteiger partial charge is 0.272 e. The molecule has 6 nitrogen and oxygen atoms in total. The number of carbonyl (C=O) groups is 1. The van der Waals surface area contributed by atoms with Crippen molar-refractivity contribution in [3.8, 4) is 0 Å². The fourth-order valence-electron chi connectivity index (χ4n) is 3.48. The fraction of sp³-hybridized carbons (Fsp3) is 0.227. The molecule has 4 rings (SSSR count). The second-order valence-electron chi connectivity index (χ2n) is 6.92. The Hall–Kier alpha value is -3.41. The number of amides is 1. The molecule has 1 amide bonds. The third-order valence-corrected chi connectivity index (χ3v) is 4.98. The number of carbonyl (C=O) groups excluding carboxylic acids is 1. The van der Waals surface area contributed by atoms with E-state index in [2.05, 4.69) is 43.3 Å². The number of aryl methyl sites for hydroxylation is 1. The van der Waals surface area contributed by atoms with Crippen molar-refractivity contribution < 1.29 is 4.79 Å². The number of para-hydroxylation sites is 1. The third-order valence-electron chi connectivity index (χ3n) is 4.98. The van der Waals surface area contributed by atoms with Crippen LogP contribution in [0.4, 0.5) is 0 Å². The molecule has 0 fully saturated rings. The third kappa shape index (κ3) is 3.53. The van der Waals surface area contributed by atoms with E-state index in [1.54, 1.807) is 6.20 Å². The zero-order valence-corrected chi connectivity index (χ0v) is 16.0. The van der Waals surface area contributed by atoms with Crippen molar-refractivity contribution in [1.82, 2.24) is 25.1 Å². The summed E-state index contributed by atoms with van der Waals surface area (Å²) in [6, 6.07) is 15.9. The van der Waals surface area contributed by atoms with Gasteiger partial charge < -0.3 is 9.88 Å². The number of hydrogen-bond donors (Lipinski definition) is 2. The number of benzene rings is 1. The lowest BCUT2D eigenvalue weighted by Gasteiger charge is -2.17. The molecule has 142 valence electrons. The number of fused-ring (bicyclic) bond motifs is 1. The summed E-state index contributed by atoms with van der Waals surface area (Å²) in [4.78, 5) is 17.1. The van der Waals surface area contributed by atoms with Gasteiger partial charge in [0.05, 0.1) is 24.0 Å². The molecule has 2 N–H and O–H groups in total. The number of H-pyrrole nitrogens is 1. The average molecular weight is 373 g/mol. The Kier molecular flexibility index (Phi) is 4.93. The number of nitrogens with zero attached hydrogens (tertiary/aromatic N) is 3. The summed E-state index contributed by atoms with van der Waals surface area (Å²) in [5, 5.41) is 11.4. The van der Waals surface area contributed by atoms with Gasteiger partial charge in [-0.2, -0.15) is 5.10 Å². The van der Waals surface area contributed by atoms with Crippen molar-refractivity contribution in [3.63, 3.8) is 0 Å². The minimum Gasteiger partial charge on any atom is -0.342 e. The van der Waals surface area contributed by atoms with Gasteiger partial charge in [-0.25, -0.2) is 0 Å². The molecule has 1 atom stereocenters. The fourth-order valence-corrected chi connectivity index (χ4v) is 3.48. The van der Waals surface area contributed by atoms with Gasteiger partial charge in [0.2, 0.25) is 0 Å². The van der Waals surface area contributed by atoms with Crippen LogP contribution in [0.3, 0.4) is 0 Å². The molecule has 28 heavy (non-hydrogen) atoms. The highest BCUT2D eigenvalue weighted by Gasteiger charge is 2.19. The zero-order valence-electron chi connectivity index (χ0n) is 16.0. The van der Waals surface area contributed by atoms with E-state index in [1.165, 1.54) is 5.39 Å². The first-order chi connectivity index (χ1) is 13.7. The molecule has 0 aliphatic carbocycles. The zero-order chi connectivity index (χ0) is 19.5. The Morgan fingerprint density at radius 1 is 1.21 bits per heavy atom. The van der Waals surface area contributed by atoms with Gasteiger partial charge in [-0.1, -0.05) is 31.2 Å². The summed E-state index contributed by atoms with van der Waals surface area (Å²) in [6.45, 7) is 4.67. The second-order valence-corrected chi connectivity index (χ2v) is 6.92. The molecular weight excluding hydrogens is 350 g/mol. The number of aromatic amines is 1. The lowest BCUT2D eigenvalue weighted by Crippen LogP contribution is -2.29. The molecule has 0 aliphatic rings. The van der Waals surface area contributed by atoms with Gasteiger partial charge in [0.1, 0.15) is 5.69 Å². The highest BCUT2D eigenvalue weighted by atomic mass is 16.2. The molecular formula is C22H23N5O. The van der Waals surface area contributed by atoms with Gasteiger partial charge in [0.15, 0.2) is 0 Å². The summed E-state index contributed by atoms with van der Waals surface area (Å²) in [7, 11) is 0. The number of pyridine rings is 1. The van der Waals surface area contributed by atoms with Crippen LogP contribution in [0, 0.1) is 6.92 Å². The maximum absolute atomic E-state index is 12.7. The van der Waals surface area contributed by atoms with Gasteiger partial charge in [0, 0.05) is 17.9 Å². The summed E-state index contributed by atoms with van der Waals surface area (Å²) >= 11 is 0. The van der Waals surface area contributed by atoms with Crippen molar-refractivity contribution in [2.75, 3.05) is 0 Å². The van der Waals surface area contributed by atoms with E-state index in [4.69, 9.17) is 0 Å². The first-order valence-corrected chi connectivity index (χ1v) is 9.46.